The van der Waals surface area contributed by atoms with E-state index in [0.29, 0.717) is 12.3 Å². The first-order valence-electron chi connectivity index (χ1n) is 7.59. The molecule has 6 heteroatoms. The molecule has 0 fully saturated rings. The molecule has 1 atom stereocenters. The number of nitrogens with one attached hydrogen (secondary N) is 1. The first kappa shape index (κ1) is 18.4. The van der Waals surface area contributed by atoms with Crippen LogP contribution < -0.4 is 5.32 Å². The third-order valence-electron chi connectivity index (χ3n) is 3.46. The lowest BCUT2D eigenvalue weighted by atomic mass is 10.1. The van der Waals surface area contributed by atoms with E-state index >= 15 is 0 Å². The number of hydrogen-bond acceptors (Lipinski definition) is 4. The van der Waals surface area contributed by atoms with Crippen LogP contribution in [0.15, 0.2) is 5.38 Å². The molecule has 1 unspecified atom stereocenters. The largest absolute Gasteiger partial charge is 0.353 e. The maximum atomic E-state index is 11.9. The van der Waals surface area contributed by atoms with Gasteiger partial charge in [-0.25, -0.2) is 4.98 Å². The number of aromatic nitrogens is 1. The Morgan fingerprint density at radius 1 is 1.48 bits per heavy atom. The van der Waals surface area contributed by atoms with Gasteiger partial charge in [-0.05, 0) is 39.4 Å². The Balaban J connectivity index is 2.24. The molecule has 0 spiro atoms. The second-order valence-electron chi connectivity index (χ2n) is 5.18. The lowest BCUT2D eigenvalue weighted by Crippen LogP contribution is -2.34. The Labute approximate surface area is 136 Å². The summed E-state index contributed by atoms with van der Waals surface area (Å²) in [5.41, 5.74) is 0.844. The van der Waals surface area contributed by atoms with Crippen LogP contribution in [0.5, 0.6) is 0 Å². The number of carbonyl (C=O) groups is 1. The second-order valence-corrected chi connectivity index (χ2v) is 6.39. The van der Waals surface area contributed by atoms with E-state index in [0.717, 1.165) is 43.2 Å². The van der Waals surface area contributed by atoms with Gasteiger partial charge in [-0.3, -0.25) is 4.79 Å². The molecule has 1 rings (SSSR count). The first-order chi connectivity index (χ1) is 10.1. The lowest BCUT2D eigenvalue weighted by molar-refractivity contribution is -0.121. The van der Waals surface area contributed by atoms with Gasteiger partial charge in [0.05, 0.1) is 18.0 Å². The van der Waals surface area contributed by atoms with Gasteiger partial charge in [-0.1, -0.05) is 13.8 Å². The smallest absolute Gasteiger partial charge is 0.227 e. The van der Waals surface area contributed by atoms with Crippen LogP contribution >= 0.6 is 22.9 Å². The molecule has 0 aliphatic rings. The summed E-state index contributed by atoms with van der Waals surface area (Å²) in [7, 11) is 0. The van der Waals surface area contributed by atoms with Crippen LogP contribution in [-0.4, -0.2) is 41.5 Å². The number of halogens is 1. The zero-order valence-corrected chi connectivity index (χ0v) is 14.8. The van der Waals surface area contributed by atoms with Gasteiger partial charge >= 0.3 is 0 Å². The Morgan fingerprint density at radius 3 is 2.76 bits per heavy atom. The van der Waals surface area contributed by atoms with E-state index in [-0.39, 0.29) is 11.9 Å². The summed E-state index contributed by atoms with van der Waals surface area (Å²) in [6.45, 7) is 9.69. The van der Waals surface area contributed by atoms with Crippen molar-refractivity contribution in [2.75, 3.05) is 19.6 Å². The predicted molar refractivity (Wildman–Crippen MR) is 90.0 cm³/mol. The summed E-state index contributed by atoms with van der Waals surface area (Å²) in [6.07, 6.45) is 2.46. The number of rotatable bonds is 10. The van der Waals surface area contributed by atoms with Crippen molar-refractivity contribution >= 4 is 28.8 Å². The molecule has 0 aliphatic carbocycles. The zero-order chi connectivity index (χ0) is 15.7. The highest BCUT2D eigenvalue weighted by Gasteiger charge is 2.11. The van der Waals surface area contributed by atoms with Crippen LogP contribution in [-0.2, 0) is 17.1 Å². The van der Waals surface area contributed by atoms with Crippen molar-refractivity contribution in [2.45, 2.75) is 52.0 Å². The molecule has 1 N–H and O–H groups in total. The van der Waals surface area contributed by atoms with Crippen molar-refractivity contribution in [3.05, 3.63) is 16.1 Å². The monoisotopic (exact) mass is 331 g/mol. The van der Waals surface area contributed by atoms with E-state index in [4.69, 9.17) is 11.6 Å². The Hall–Kier alpha value is -0.650. The number of alkyl halides is 1. The second kappa shape index (κ2) is 10.1. The summed E-state index contributed by atoms with van der Waals surface area (Å²) in [6, 6.07) is 0.209. The molecule has 1 aromatic heterocycles. The van der Waals surface area contributed by atoms with Gasteiger partial charge in [0, 0.05) is 11.4 Å². The molecule has 0 aliphatic heterocycles. The molecule has 0 radical (unpaired) electrons. The summed E-state index contributed by atoms with van der Waals surface area (Å²) in [5, 5.41) is 5.78. The highest BCUT2D eigenvalue weighted by atomic mass is 35.5. The minimum absolute atomic E-state index is 0.0424. The third kappa shape index (κ3) is 7.25. The van der Waals surface area contributed by atoms with E-state index in [1.165, 1.54) is 11.3 Å². The molecule has 1 amide bonds. The van der Waals surface area contributed by atoms with Crippen LogP contribution in [0.4, 0.5) is 0 Å². The third-order valence-corrected chi connectivity index (χ3v) is 4.63. The van der Waals surface area contributed by atoms with Crippen molar-refractivity contribution in [3.8, 4) is 0 Å². The Bertz CT molecular complexity index is 421. The molecule has 0 saturated heterocycles. The van der Waals surface area contributed by atoms with Crippen LogP contribution in [0.25, 0.3) is 0 Å². The van der Waals surface area contributed by atoms with E-state index in [2.05, 4.69) is 36.0 Å². The van der Waals surface area contributed by atoms with Crippen molar-refractivity contribution in [1.82, 2.24) is 15.2 Å². The average molecular weight is 332 g/mol. The van der Waals surface area contributed by atoms with Crippen molar-refractivity contribution in [2.24, 2.45) is 0 Å². The van der Waals surface area contributed by atoms with Gasteiger partial charge in [0.15, 0.2) is 0 Å². The van der Waals surface area contributed by atoms with Gasteiger partial charge in [-0.15, -0.1) is 22.9 Å². The molecule has 21 heavy (non-hydrogen) atoms. The molecule has 120 valence electrons. The fraction of sp³-hybridized carbons (Fsp3) is 0.733. The van der Waals surface area contributed by atoms with Crippen molar-refractivity contribution < 1.29 is 4.79 Å². The van der Waals surface area contributed by atoms with Crippen molar-refractivity contribution in [3.63, 3.8) is 0 Å². The Morgan fingerprint density at radius 2 is 2.19 bits per heavy atom. The SMILES string of the molecule is CCN(CC)CCCC(C)NC(=O)Cc1nc(CCl)cs1. The number of thiazole rings is 1. The maximum absolute atomic E-state index is 11.9. The highest BCUT2D eigenvalue weighted by molar-refractivity contribution is 7.09. The maximum Gasteiger partial charge on any atom is 0.227 e. The average Bonchev–Trinajstić information content (AvgIpc) is 2.91. The lowest BCUT2D eigenvalue weighted by Gasteiger charge is -2.19. The zero-order valence-electron chi connectivity index (χ0n) is 13.2. The van der Waals surface area contributed by atoms with Crippen LogP contribution in [0.3, 0.4) is 0 Å². The van der Waals surface area contributed by atoms with Gasteiger partial charge < -0.3 is 10.2 Å². The summed E-state index contributed by atoms with van der Waals surface area (Å²) in [4.78, 5) is 18.6. The van der Waals surface area contributed by atoms with Gasteiger partial charge in [0.2, 0.25) is 5.91 Å². The predicted octanol–water partition coefficient (Wildman–Crippen LogP) is 3.05. The summed E-state index contributed by atoms with van der Waals surface area (Å²) >= 11 is 7.20. The van der Waals surface area contributed by atoms with E-state index in [9.17, 15) is 4.79 Å². The van der Waals surface area contributed by atoms with E-state index in [1.54, 1.807) is 0 Å². The molecule has 0 bridgehead atoms. The fourth-order valence-electron chi connectivity index (χ4n) is 2.19. The Kier molecular flexibility index (Phi) is 8.88. The molecular weight excluding hydrogens is 306 g/mol. The molecule has 1 heterocycles. The highest BCUT2D eigenvalue weighted by Crippen LogP contribution is 2.12. The minimum atomic E-state index is 0.0424. The van der Waals surface area contributed by atoms with Gasteiger partial charge in [0.1, 0.15) is 5.01 Å². The summed E-state index contributed by atoms with van der Waals surface area (Å²) in [5.74, 6) is 0.445. The minimum Gasteiger partial charge on any atom is -0.353 e. The normalized spacial score (nSPS) is 12.6. The quantitative estimate of drug-likeness (QED) is 0.670. The van der Waals surface area contributed by atoms with E-state index < -0.39 is 0 Å². The standard InChI is InChI=1S/C15H26ClN3OS/c1-4-19(5-2)8-6-7-12(3)17-14(20)9-15-18-13(10-16)11-21-15/h11-12H,4-10H2,1-3H3,(H,17,20). The fourth-order valence-corrected chi connectivity index (χ4v) is 3.21. The molecule has 0 saturated carbocycles. The first-order valence-corrected chi connectivity index (χ1v) is 9.01. The molecule has 4 nitrogen and oxygen atoms in total. The molecule has 1 aromatic rings. The number of amides is 1. The van der Waals surface area contributed by atoms with Crippen molar-refractivity contribution in [1.29, 1.82) is 0 Å². The van der Waals surface area contributed by atoms with Crippen LogP contribution in [0.2, 0.25) is 0 Å². The number of hydrogen-bond donors (Lipinski definition) is 1. The van der Waals surface area contributed by atoms with Gasteiger partial charge in [-0.2, -0.15) is 0 Å². The topological polar surface area (TPSA) is 45.2 Å². The molecule has 0 aromatic carbocycles. The number of carbonyl (C=O) groups excluding carboxylic acids is 1. The van der Waals surface area contributed by atoms with E-state index in [1.807, 2.05) is 5.38 Å². The number of nitrogens with zero attached hydrogens (tertiary/aromatic N) is 2. The van der Waals surface area contributed by atoms with Gasteiger partial charge in [0.25, 0.3) is 0 Å². The van der Waals surface area contributed by atoms with Crippen LogP contribution in [0.1, 0.15) is 44.3 Å². The van der Waals surface area contributed by atoms with Crippen LogP contribution in [0, 0.1) is 0 Å². The summed E-state index contributed by atoms with van der Waals surface area (Å²) < 4.78 is 0. The molecular formula is C15H26ClN3OS.